The summed E-state index contributed by atoms with van der Waals surface area (Å²) in [6, 6.07) is 5.92. The van der Waals surface area contributed by atoms with Gasteiger partial charge in [-0.3, -0.25) is 4.79 Å². The second-order valence-electron chi connectivity index (χ2n) is 5.84. The van der Waals surface area contributed by atoms with Gasteiger partial charge in [0.25, 0.3) is 0 Å². The van der Waals surface area contributed by atoms with Crippen LogP contribution in [0.15, 0.2) is 18.2 Å². The van der Waals surface area contributed by atoms with Gasteiger partial charge < -0.3 is 19.5 Å². The number of piperazine rings is 1. The van der Waals surface area contributed by atoms with Gasteiger partial charge in [0.1, 0.15) is 0 Å². The van der Waals surface area contributed by atoms with Crippen molar-refractivity contribution in [3.8, 4) is 0 Å². The van der Waals surface area contributed by atoms with Crippen molar-refractivity contribution in [3.05, 3.63) is 29.3 Å². The maximum absolute atomic E-state index is 12.3. The molecule has 1 N–H and O–H groups in total. The lowest BCUT2D eigenvalue weighted by Crippen LogP contribution is -2.47. The molecule has 1 amide bonds. The third kappa shape index (κ3) is 3.12. The topological polar surface area (TPSA) is 53.0 Å². The first-order chi connectivity index (χ1) is 10.1. The summed E-state index contributed by atoms with van der Waals surface area (Å²) in [6.07, 6.45) is 1.15. The molecule has 5 nitrogen and oxygen atoms in total. The summed E-state index contributed by atoms with van der Waals surface area (Å²) in [7, 11) is 1.24. The number of fused-ring (bicyclic) bond motifs is 1. The van der Waals surface area contributed by atoms with E-state index in [4.69, 9.17) is 4.65 Å². The summed E-state index contributed by atoms with van der Waals surface area (Å²) in [4.78, 5) is 16.5. The first-order valence-corrected chi connectivity index (χ1v) is 7.52. The van der Waals surface area contributed by atoms with Crippen LogP contribution < -0.4 is 5.46 Å². The Morgan fingerprint density at radius 3 is 2.86 bits per heavy atom. The van der Waals surface area contributed by atoms with Crippen LogP contribution in [0.2, 0.25) is 0 Å². The van der Waals surface area contributed by atoms with Gasteiger partial charge in [-0.15, -0.1) is 0 Å². The average Bonchev–Trinajstić information content (AvgIpc) is 2.88. The summed E-state index contributed by atoms with van der Waals surface area (Å²) in [5.74, 6) is 0.203. The number of hydrogen-bond donors (Lipinski definition) is 1. The zero-order valence-corrected chi connectivity index (χ0v) is 12.4. The molecule has 112 valence electrons. The summed E-state index contributed by atoms with van der Waals surface area (Å²) >= 11 is 0. The fourth-order valence-electron chi connectivity index (χ4n) is 3.03. The molecule has 1 aromatic rings. The molecular formula is C15H21BN2O3. The third-order valence-corrected chi connectivity index (χ3v) is 4.39. The SMILES string of the molecule is CN1CCN(C(=O)CCc2cccc3c2B(O)OC3)CC1. The van der Waals surface area contributed by atoms with Crippen molar-refractivity contribution in [3.63, 3.8) is 0 Å². The lowest BCUT2D eigenvalue weighted by Gasteiger charge is -2.32. The number of aryl methyl sites for hydroxylation is 1. The smallest absolute Gasteiger partial charge is 0.423 e. The normalized spacial score (nSPS) is 19.0. The minimum Gasteiger partial charge on any atom is -0.423 e. The van der Waals surface area contributed by atoms with Crippen molar-refractivity contribution >= 4 is 18.5 Å². The molecule has 0 spiro atoms. The quantitative estimate of drug-likeness (QED) is 0.770. The molecule has 2 aliphatic heterocycles. The minimum atomic E-state index is -0.838. The van der Waals surface area contributed by atoms with E-state index in [1.54, 1.807) is 0 Å². The van der Waals surface area contributed by atoms with Crippen molar-refractivity contribution < 1.29 is 14.5 Å². The molecular weight excluding hydrogens is 267 g/mol. The van der Waals surface area contributed by atoms with Gasteiger partial charge in [0.15, 0.2) is 0 Å². The number of carbonyl (C=O) groups excluding carboxylic acids is 1. The number of benzene rings is 1. The molecule has 21 heavy (non-hydrogen) atoms. The molecule has 6 heteroatoms. The Morgan fingerprint density at radius 2 is 2.10 bits per heavy atom. The summed E-state index contributed by atoms with van der Waals surface area (Å²) in [6.45, 7) is 3.97. The van der Waals surface area contributed by atoms with E-state index in [1.165, 1.54) is 0 Å². The Bertz CT molecular complexity index is 530. The lowest BCUT2D eigenvalue weighted by molar-refractivity contribution is -0.132. The van der Waals surface area contributed by atoms with Gasteiger partial charge in [0.05, 0.1) is 6.61 Å². The molecule has 1 fully saturated rings. The number of hydrogen-bond acceptors (Lipinski definition) is 4. The van der Waals surface area contributed by atoms with Crippen LogP contribution in [0.3, 0.4) is 0 Å². The van der Waals surface area contributed by atoms with Gasteiger partial charge in [0, 0.05) is 32.6 Å². The first-order valence-electron chi connectivity index (χ1n) is 7.52. The van der Waals surface area contributed by atoms with Gasteiger partial charge in [-0.1, -0.05) is 18.2 Å². The van der Waals surface area contributed by atoms with Gasteiger partial charge >= 0.3 is 7.12 Å². The Morgan fingerprint density at radius 1 is 1.33 bits per heavy atom. The molecule has 2 heterocycles. The van der Waals surface area contributed by atoms with Gasteiger partial charge in [-0.2, -0.15) is 0 Å². The van der Waals surface area contributed by atoms with Crippen molar-refractivity contribution in [2.24, 2.45) is 0 Å². The van der Waals surface area contributed by atoms with E-state index < -0.39 is 7.12 Å². The maximum atomic E-state index is 12.3. The van der Waals surface area contributed by atoms with Crippen molar-refractivity contribution in [1.82, 2.24) is 9.80 Å². The molecule has 0 atom stereocenters. The highest BCUT2D eigenvalue weighted by Gasteiger charge is 2.30. The molecule has 0 unspecified atom stereocenters. The van der Waals surface area contributed by atoms with Crippen LogP contribution in [-0.4, -0.2) is 61.1 Å². The number of carbonyl (C=O) groups is 1. The van der Waals surface area contributed by atoms with Crippen LogP contribution in [-0.2, 0) is 22.5 Å². The third-order valence-electron chi connectivity index (χ3n) is 4.39. The zero-order chi connectivity index (χ0) is 14.8. The highest BCUT2D eigenvalue weighted by atomic mass is 16.5. The van der Waals surface area contributed by atoms with Crippen LogP contribution in [0, 0.1) is 0 Å². The van der Waals surface area contributed by atoms with E-state index in [0.29, 0.717) is 19.4 Å². The van der Waals surface area contributed by atoms with Crippen LogP contribution >= 0.6 is 0 Å². The van der Waals surface area contributed by atoms with Crippen LogP contribution in [0.25, 0.3) is 0 Å². The van der Waals surface area contributed by atoms with Gasteiger partial charge in [-0.25, -0.2) is 0 Å². The molecule has 0 aliphatic carbocycles. The molecule has 0 bridgehead atoms. The molecule has 3 rings (SSSR count). The van der Waals surface area contributed by atoms with E-state index in [0.717, 1.165) is 42.8 Å². The van der Waals surface area contributed by atoms with Crippen molar-refractivity contribution in [2.75, 3.05) is 33.2 Å². The highest BCUT2D eigenvalue weighted by Crippen LogP contribution is 2.14. The Kier molecular flexibility index (Phi) is 4.28. The summed E-state index contributed by atoms with van der Waals surface area (Å²) < 4.78 is 5.25. The first kappa shape index (κ1) is 14.6. The highest BCUT2D eigenvalue weighted by molar-refractivity contribution is 6.62. The maximum Gasteiger partial charge on any atom is 0.492 e. The number of nitrogens with zero attached hydrogens (tertiary/aromatic N) is 2. The van der Waals surface area contributed by atoms with Crippen molar-refractivity contribution in [1.29, 1.82) is 0 Å². The molecule has 0 radical (unpaired) electrons. The number of amides is 1. The second-order valence-corrected chi connectivity index (χ2v) is 5.84. The predicted molar refractivity (Wildman–Crippen MR) is 81.2 cm³/mol. The van der Waals surface area contributed by atoms with Gasteiger partial charge in [-0.05, 0) is 30.1 Å². The monoisotopic (exact) mass is 288 g/mol. The van der Waals surface area contributed by atoms with Crippen molar-refractivity contribution in [2.45, 2.75) is 19.4 Å². The molecule has 1 saturated heterocycles. The number of rotatable bonds is 3. The Hall–Kier alpha value is -1.37. The Labute approximate surface area is 125 Å². The second kappa shape index (κ2) is 6.18. The summed E-state index contributed by atoms with van der Waals surface area (Å²) in [5.41, 5.74) is 2.93. The predicted octanol–water partition coefficient (Wildman–Crippen LogP) is -0.389. The summed E-state index contributed by atoms with van der Waals surface area (Å²) in [5, 5.41) is 9.88. The van der Waals surface area contributed by atoms with E-state index in [1.807, 2.05) is 23.1 Å². The van der Waals surface area contributed by atoms with Crippen LogP contribution in [0.1, 0.15) is 17.5 Å². The average molecular weight is 288 g/mol. The molecule has 2 aliphatic rings. The van der Waals surface area contributed by atoms with E-state index >= 15 is 0 Å². The minimum absolute atomic E-state index is 0.203. The largest absolute Gasteiger partial charge is 0.492 e. The van der Waals surface area contributed by atoms with E-state index in [2.05, 4.69) is 11.9 Å². The Balaban J connectivity index is 1.61. The van der Waals surface area contributed by atoms with Crippen LogP contribution in [0.4, 0.5) is 0 Å². The van der Waals surface area contributed by atoms with Gasteiger partial charge in [0.2, 0.25) is 5.91 Å². The molecule has 1 aromatic carbocycles. The van der Waals surface area contributed by atoms with Crippen LogP contribution in [0.5, 0.6) is 0 Å². The lowest BCUT2D eigenvalue weighted by atomic mass is 9.75. The zero-order valence-electron chi connectivity index (χ0n) is 12.4. The van der Waals surface area contributed by atoms with E-state index in [9.17, 15) is 9.82 Å². The van der Waals surface area contributed by atoms with E-state index in [-0.39, 0.29) is 5.91 Å². The number of likely N-dealkylation sites (N-methyl/N-ethyl adjacent to an activating group) is 1. The fourth-order valence-corrected chi connectivity index (χ4v) is 3.03. The standard InChI is InChI=1S/C15H21BN2O3/c1-17-7-9-18(10-8-17)14(19)6-5-12-3-2-4-13-11-21-16(20)15(12)13/h2-4,20H,5-11H2,1H3. The molecule has 0 aromatic heterocycles. The molecule has 0 saturated carbocycles. The fraction of sp³-hybridized carbons (Fsp3) is 0.533.